The number of methoxy groups -OCH3 is 2. The third-order valence-electron chi connectivity index (χ3n) is 4.14. The van der Waals surface area contributed by atoms with Gasteiger partial charge in [-0.1, -0.05) is 24.0 Å². The lowest BCUT2D eigenvalue weighted by Crippen LogP contribution is -2.15. The zero-order valence-corrected chi connectivity index (χ0v) is 18.8. The molecule has 0 saturated heterocycles. The molecule has 0 saturated carbocycles. The Morgan fingerprint density at radius 3 is 2.56 bits per heavy atom. The van der Waals surface area contributed by atoms with E-state index < -0.39 is 16.0 Å². The number of carbonyl (C=O) groups is 1. The van der Waals surface area contributed by atoms with Crippen LogP contribution in [-0.4, -0.2) is 33.7 Å². The molecule has 0 fully saturated rings. The highest BCUT2D eigenvalue weighted by atomic mass is 32.2. The summed E-state index contributed by atoms with van der Waals surface area (Å²) >= 11 is 1.52. The average Bonchev–Trinajstić information content (AvgIpc) is 3.29. The lowest BCUT2D eigenvalue weighted by molar-refractivity contribution is -0.131. The van der Waals surface area contributed by atoms with Crippen molar-refractivity contribution in [3.63, 3.8) is 0 Å². The molecule has 0 atom stereocenters. The van der Waals surface area contributed by atoms with Crippen molar-refractivity contribution in [2.75, 3.05) is 18.9 Å². The van der Waals surface area contributed by atoms with Gasteiger partial charge in [0.2, 0.25) is 0 Å². The predicted octanol–water partition coefficient (Wildman–Crippen LogP) is 4.06. The molecule has 3 aromatic rings. The van der Waals surface area contributed by atoms with Crippen molar-refractivity contribution in [1.82, 2.24) is 0 Å². The van der Waals surface area contributed by atoms with Gasteiger partial charge in [-0.15, -0.1) is 11.3 Å². The Kier molecular flexibility index (Phi) is 7.20. The van der Waals surface area contributed by atoms with Gasteiger partial charge in [0.15, 0.2) is 11.5 Å². The lowest BCUT2D eigenvalue weighted by atomic mass is 10.2. The van der Waals surface area contributed by atoms with Gasteiger partial charge in [-0.05, 0) is 53.4 Å². The molecule has 0 aliphatic carbocycles. The highest BCUT2D eigenvalue weighted by Crippen LogP contribution is 2.37. The average molecular weight is 470 g/mol. The Labute approximate surface area is 190 Å². The van der Waals surface area contributed by atoms with Crippen LogP contribution in [0.1, 0.15) is 16.0 Å². The summed E-state index contributed by atoms with van der Waals surface area (Å²) in [6.45, 7) is 0. The van der Waals surface area contributed by atoms with Crippen molar-refractivity contribution in [2.24, 2.45) is 0 Å². The van der Waals surface area contributed by atoms with E-state index in [1.165, 1.54) is 43.8 Å². The smallest absolute Gasteiger partial charge is 0.328 e. The molecule has 32 heavy (non-hydrogen) atoms. The fourth-order valence-corrected chi connectivity index (χ4v) is 4.60. The maximum atomic E-state index is 13.2. The molecule has 7 nitrogen and oxygen atoms in total. The van der Waals surface area contributed by atoms with Crippen molar-refractivity contribution >= 4 is 39.1 Å². The number of anilines is 1. The van der Waals surface area contributed by atoms with Crippen LogP contribution in [0.3, 0.4) is 0 Å². The zero-order chi connectivity index (χ0) is 23.1. The van der Waals surface area contributed by atoms with Crippen molar-refractivity contribution in [2.45, 2.75) is 4.90 Å². The summed E-state index contributed by atoms with van der Waals surface area (Å²) in [5.41, 5.74) is 1.28. The Bertz CT molecular complexity index is 1320. The maximum absolute atomic E-state index is 13.2. The van der Waals surface area contributed by atoms with E-state index in [0.29, 0.717) is 16.8 Å². The van der Waals surface area contributed by atoms with Gasteiger partial charge in [0.25, 0.3) is 10.0 Å². The van der Waals surface area contributed by atoms with Crippen LogP contribution in [-0.2, 0) is 14.8 Å². The molecule has 1 aromatic heterocycles. The van der Waals surface area contributed by atoms with E-state index in [2.05, 4.69) is 16.6 Å². The number of aliphatic carboxylic acids is 1. The number of ether oxygens (including phenoxy) is 2. The van der Waals surface area contributed by atoms with Crippen LogP contribution in [0.5, 0.6) is 11.5 Å². The second-order valence-electron chi connectivity index (χ2n) is 6.34. The maximum Gasteiger partial charge on any atom is 0.328 e. The molecule has 164 valence electrons. The van der Waals surface area contributed by atoms with Gasteiger partial charge in [0, 0.05) is 11.6 Å². The quantitative estimate of drug-likeness (QED) is 0.400. The van der Waals surface area contributed by atoms with E-state index >= 15 is 0 Å². The van der Waals surface area contributed by atoms with Crippen molar-refractivity contribution in [3.8, 4) is 23.3 Å². The third-order valence-corrected chi connectivity index (χ3v) is 6.31. The summed E-state index contributed by atoms with van der Waals surface area (Å²) in [6.07, 6.45) is 2.17. The topological polar surface area (TPSA) is 102 Å². The third kappa shape index (κ3) is 5.69. The van der Waals surface area contributed by atoms with Crippen LogP contribution < -0.4 is 14.2 Å². The molecule has 0 amide bonds. The number of hydrogen-bond acceptors (Lipinski definition) is 6. The highest BCUT2D eigenvalue weighted by molar-refractivity contribution is 7.92. The summed E-state index contributed by atoms with van der Waals surface area (Å²) in [7, 11) is -1.42. The molecule has 1 heterocycles. The largest absolute Gasteiger partial charge is 0.493 e. The number of benzene rings is 2. The lowest BCUT2D eigenvalue weighted by Gasteiger charge is -2.15. The molecular weight excluding hydrogens is 450 g/mol. The van der Waals surface area contributed by atoms with Crippen LogP contribution in [0.4, 0.5) is 5.69 Å². The van der Waals surface area contributed by atoms with Gasteiger partial charge in [-0.25, -0.2) is 13.2 Å². The fourth-order valence-electron chi connectivity index (χ4n) is 2.77. The zero-order valence-electron chi connectivity index (χ0n) is 17.2. The molecule has 0 unspecified atom stereocenters. The standard InChI is InChI=1S/C23H19NO6S2/c1-29-20-14-17(9-11-22(25)26)15-21(23(20)30-2)32(27,28)24-18-6-3-5-16(13-18)8-10-19-7-4-12-31-19/h3-7,9,11-15,24H,1-2H3,(H,25,26)/b11-9+. The van der Waals surface area contributed by atoms with Crippen LogP contribution in [0.2, 0.25) is 0 Å². The first kappa shape index (κ1) is 22.9. The van der Waals surface area contributed by atoms with Crippen molar-refractivity contribution < 1.29 is 27.8 Å². The number of thiophene rings is 1. The van der Waals surface area contributed by atoms with E-state index in [0.717, 1.165) is 11.0 Å². The summed E-state index contributed by atoms with van der Waals surface area (Å²) < 4.78 is 39.4. The van der Waals surface area contributed by atoms with Crippen LogP contribution in [0.15, 0.2) is 64.9 Å². The van der Waals surface area contributed by atoms with Crippen LogP contribution in [0.25, 0.3) is 6.08 Å². The van der Waals surface area contributed by atoms with E-state index in [4.69, 9.17) is 14.6 Å². The van der Waals surface area contributed by atoms with Crippen LogP contribution in [0, 0.1) is 11.8 Å². The van der Waals surface area contributed by atoms with Gasteiger partial charge in [0.1, 0.15) is 4.90 Å². The molecule has 2 N–H and O–H groups in total. The Hall–Kier alpha value is -3.74. The number of sulfonamides is 1. The molecule has 9 heteroatoms. The van der Waals surface area contributed by atoms with Gasteiger partial charge < -0.3 is 14.6 Å². The van der Waals surface area contributed by atoms with E-state index in [9.17, 15) is 13.2 Å². The molecule has 0 radical (unpaired) electrons. The molecule has 0 bridgehead atoms. The summed E-state index contributed by atoms with van der Waals surface area (Å²) in [5, 5.41) is 10.8. The Morgan fingerprint density at radius 2 is 1.91 bits per heavy atom. The number of carboxylic acids is 1. The van der Waals surface area contributed by atoms with Gasteiger partial charge in [0.05, 0.1) is 24.8 Å². The van der Waals surface area contributed by atoms with Crippen molar-refractivity contribution in [3.05, 3.63) is 76.0 Å². The number of carboxylic acid groups (broad SMARTS) is 1. The van der Waals surface area contributed by atoms with E-state index in [-0.39, 0.29) is 16.4 Å². The molecule has 2 aromatic carbocycles. The first-order chi connectivity index (χ1) is 15.3. The SMILES string of the molecule is COc1cc(/C=C/C(=O)O)cc(S(=O)(=O)Nc2cccc(C#Cc3cccs3)c2)c1OC. The summed E-state index contributed by atoms with van der Waals surface area (Å²) in [5.74, 6) is 5.02. The molecule has 3 rings (SSSR count). The number of rotatable bonds is 7. The summed E-state index contributed by atoms with van der Waals surface area (Å²) in [4.78, 5) is 11.6. The van der Waals surface area contributed by atoms with Gasteiger partial charge >= 0.3 is 5.97 Å². The minimum atomic E-state index is -4.11. The molecule has 0 spiro atoms. The predicted molar refractivity (Wildman–Crippen MR) is 124 cm³/mol. The van der Waals surface area contributed by atoms with E-state index in [1.54, 1.807) is 24.3 Å². The van der Waals surface area contributed by atoms with Crippen molar-refractivity contribution in [1.29, 1.82) is 0 Å². The number of nitrogens with one attached hydrogen (secondary N) is 1. The molecular formula is C23H19NO6S2. The summed E-state index contributed by atoms with van der Waals surface area (Å²) in [6, 6.07) is 13.3. The fraction of sp³-hybridized carbons (Fsp3) is 0.0870. The highest BCUT2D eigenvalue weighted by Gasteiger charge is 2.24. The monoisotopic (exact) mass is 469 g/mol. The molecule has 0 aliphatic rings. The number of hydrogen-bond donors (Lipinski definition) is 2. The second-order valence-corrected chi connectivity index (χ2v) is 8.94. The Balaban J connectivity index is 1.98. The van der Waals surface area contributed by atoms with Gasteiger partial charge in [-0.3, -0.25) is 4.72 Å². The minimum Gasteiger partial charge on any atom is -0.493 e. The first-order valence-corrected chi connectivity index (χ1v) is 11.5. The first-order valence-electron chi connectivity index (χ1n) is 9.18. The normalized spacial score (nSPS) is 10.9. The van der Waals surface area contributed by atoms with Gasteiger partial charge in [-0.2, -0.15) is 0 Å². The Morgan fingerprint density at radius 1 is 1.09 bits per heavy atom. The van der Waals surface area contributed by atoms with E-state index in [1.807, 2.05) is 17.5 Å². The van der Waals surface area contributed by atoms with Crippen LogP contribution >= 0.6 is 11.3 Å². The second kappa shape index (κ2) is 10.0. The minimum absolute atomic E-state index is 0.00103. The molecule has 0 aliphatic heterocycles.